The molecule has 0 amide bonds. The summed E-state index contributed by atoms with van der Waals surface area (Å²) in [6.45, 7) is 0.602. The third kappa shape index (κ3) is 1.88. The first-order valence-electron chi connectivity index (χ1n) is 5.61. The van der Waals surface area contributed by atoms with Gasteiger partial charge in [0.15, 0.2) is 0 Å². The Hall–Kier alpha value is -1.19. The van der Waals surface area contributed by atoms with Crippen LogP contribution in [-0.4, -0.2) is 4.98 Å². The number of thiazole rings is 1. The second-order valence-corrected chi connectivity index (χ2v) is 5.14. The Bertz CT molecular complexity index is 483. The fourth-order valence-corrected chi connectivity index (χ4v) is 2.75. The van der Waals surface area contributed by atoms with Crippen molar-refractivity contribution >= 4 is 11.3 Å². The zero-order valence-corrected chi connectivity index (χ0v) is 9.83. The van der Waals surface area contributed by atoms with E-state index < -0.39 is 0 Å². The van der Waals surface area contributed by atoms with Crippen LogP contribution in [0.25, 0.3) is 11.3 Å². The molecule has 0 atom stereocenters. The predicted molar refractivity (Wildman–Crippen MR) is 67.4 cm³/mol. The molecule has 2 N–H and O–H groups in total. The number of hydrogen-bond donors (Lipinski definition) is 1. The van der Waals surface area contributed by atoms with Crippen LogP contribution in [0, 0.1) is 0 Å². The van der Waals surface area contributed by atoms with Gasteiger partial charge in [-0.3, -0.25) is 0 Å². The molecule has 1 aromatic carbocycles. The van der Waals surface area contributed by atoms with Crippen molar-refractivity contribution in [2.45, 2.75) is 25.3 Å². The first-order chi connectivity index (χ1) is 7.86. The predicted octanol–water partition coefficient (Wildman–Crippen LogP) is 3.15. The van der Waals surface area contributed by atoms with Gasteiger partial charge in [0.25, 0.3) is 0 Å². The normalized spacial score (nSPS) is 15.3. The minimum Gasteiger partial charge on any atom is -0.326 e. The zero-order chi connectivity index (χ0) is 11.0. The van der Waals surface area contributed by atoms with Gasteiger partial charge in [-0.05, 0) is 18.4 Å². The Labute approximate surface area is 99.1 Å². The summed E-state index contributed by atoms with van der Waals surface area (Å²) >= 11 is 1.79. The van der Waals surface area contributed by atoms with Gasteiger partial charge in [-0.25, -0.2) is 4.98 Å². The summed E-state index contributed by atoms with van der Waals surface area (Å²) in [7, 11) is 0. The summed E-state index contributed by atoms with van der Waals surface area (Å²) in [5.41, 5.74) is 9.05. The standard InChI is InChI=1S/C13H14N2S/c14-7-9-1-3-10(4-2-9)12-8-16-13(15-12)11-5-6-11/h1-4,8,11H,5-7,14H2. The molecule has 2 nitrogen and oxygen atoms in total. The summed E-state index contributed by atoms with van der Waals surface area (Å²) in [5.74, 6) is 0.752. The van der Waals surface area contributed by atoms with Crippen molar-refractivity contribution in [1.29, 1.82) is 0 Å². The van der Waals surface area contributed by atoms with E-state index in [0.29, 0.717) is 6.54 Å². The molecule has 0 unspecified atom stereocenters. The zero-order valence-electron chi connectivity index (χ0n) is 9.02. The number of benzene rings is 1. The van der Waals surface area contributed by atoms with Crippen molar-refractivity contribution in [3.05, 3.63) is 40.2 Å². The summed E-state index contributed by atoms with van der Waals surface area (Å²) < 4.78 is 0. The Balaban J connectivity index is 1.88. The van der Waals surface area contributed by atoms with Gasteiger partial charge in [-0.15, -0.1) is 11.3 Å². The fraction of sp³-hybridized carbons (Fsp3) is 0.308. The number of rotatable bonds is 3. The largest absolute Gasteiger partial charge is 0.326 e. The lowest BCUT2D eigenvalue weighted by Crippen LogP contribution is -1.95. The second-order valence-electron chi connectivity index (χ2n) is 4.25. The monoisotopic (exact) mass is 230 g/mol. The highest BCUT2D eigenvalue weighted by molar-refractivity contribution is 7.10. The maximum absolute atomic E-state index is 5.58. The molecule has 1 saturated carbocycles. The number of aromatic nitrogens is 1. The van der Waals surface area contributed by atoms with Crippen LogP contribution in [0.15, 0.2) is 29.6 Å². The van der Waals surface area contributed by atoms with Crippen LogP contribution in [0.1, 0.15) is 29.3 Å². The van der Waals surface area contributed by atoms with E-state index >= 15 is 0 Å². The molecular formula is C13H14N2S. The van der Waals surface area contributed by atoms with Gasteiger partial charge in [-0.1, -0.05) is 24.3 Å². The Morgan fingerprint density at radius 2 is 2.00 bits per heavy atom. The van der Waals surface area contributed by atoms with Crippen LogP contribution < -0.4 is 5.73 Å². The second kappa shape index (κ2) is 4.00. The van der Waals surface area contributed by atoms with Gasteiger partial charge in [0, 0.05) is 23.4 Å². The third-order valence-corrected chi connectivity index (χ3v) is 3.94. The van der Waals surface area contributed by atoms with E-state index in [0.717, 1.165) is 11.6 Å². The minimum absolute atomic E-state index is 0.602. The van der Waals surface area contributed by atoms with E-state index in [4.69, 9.17) is 5.73 Å². The summed E-state index contributed by atoms with van der Waals surface area (Å²) in [4.78, 5) is 4.69. The van der Waals surface area contributed by atoms with Crippen LogP contribution in [0.3, 0.4) is 0 Å². The van der Waals surface area contributed by atoms with Gasteiger partial charge in [0.05, 0.1) is 10.7 Å². The van der Waals surface area contributed by atoms with Crippen LogP contribution in [0.5, 0.6) is 0 Å². The number of nitrogens with two attached hydrogens (primary N) is 1. The molecule has 0 radical (unpaired) electrons. The summed E-state index contributed by atoms with van der Waals surface area (Å²) in [6.07, 6.45) is 2.64. The average molecular weight is 230 g/mol. The third-order valence-electron chi connectivity index (χ3n) is 2.93. The van der Waals surface area contributed by atoms with Crippen molar-refractivity contribution in [3.63, 3.8) is 0 Å². The van der Waals surface area contributed by atoms with Crippen molar-refractivity contribution < 1.29 is 0 Å². The van der Waals surface area contributed by atoms with Crippen LogP contribution >= 0.6 is 11.3 Å². The molecule has 1 aliphatic carbocycles. The van der Waals surface area contributed by atoms with Gasteiger partial charge in [0.2, 0.25) is 0 Å². The molecule has 2 aromatic rings. The lowest BCUT2D eigenvalue weighted by molar-refractivity contribution is 1.07. The molecule has 0 saturated heterocycles. The lowest BCUT2D eigenvalue weighted by Gasteiger charge is -1.99. The molecule has 16 heavy (non-hydrogen) atoms. The molecular weight excluding hydrogens is 216 g/mol. The highest BCUT2D eigenvalue weighted by atomic mass is 32.1. The quantitative estimate of drug-likeness (QED) is 0.879. The summed E-state index contributed by atoms with van der Waals surface area (Å²) in [5, 5.41) is 3.46. The smallest absolute Gasteiger partial charge is 0.0963 e. The molecule has 3 heteroatoms. The molecule has 82 valence electrons. The average Bonchev–Trinajstić information content (AvgIpc) is 3.08. The van der Waals surface area contributed by atoms with Crippen LogP contribution in [-0.2, 0) is 6.54 Å². The highest BCUT2D eigenvalue weighted by Gasteiger charge is 2.26. The summed E-state index contributed by atoms with van der Waals surface area (Å²) in [6, 6.07) is 8.36. The maximum atomic E-state index is 5.58. The number of nitrogens with zero attached hydrogens (tertiary/aromatic N) is 1. The van der Waals surface area contributed by atoms with E-state index in [1.54, 1.807) is 11.3 Å². The molecule has 0 bridgehead atoms. The first-order valence-corrected chi connectivity index (χ1v) is 6.49. The lowest BCUT2D eigenvalue weighted by atomic mass is 10.1. The van der Waals surface area contributed by atoms with Gasteiger partial charge in [0.1, 0.15) is 0 Å². The Morgan fingerprint density at radius 3 is 2.62 bits per heavy atom. The van der Waals surface area contributed by atoms with E-state index in [9.17, 15) is 0 Å². The molecule has 1 heterocycles. The Kier molecular flexibility index (Phi) is 2.50. The number of hydrogen-bond acceptors (Lipinski definition) is 3. The van der Waals surface area contributed by atoms with Crippen molar-refractivity contribution in [2.75, 3.05) is 0 Å². The van der Waals surface area contributed by atoms with E-state index in [2.05, 4.69) is 34.6 Å². The van der Waals surface area contributed by atoms with Gasteiger partial charge >= 0.3 is 0 Å². The van der Waals surface area contributed by atoms with E-state index in [1.165, 1.54) is 29.0 Å². The molecule has 0 spiro atoms. The van der Waals surface area contributed by atoms with Crippen molar-refractivity contribution in [3.8, 4) is 11.3 Å². The fourth-order valence-electron chi connectivity index (χ4n) is 1.75. The van der Waals surface area contributed by atoms with Crippen LogP contribution in [0.2, 0.25) is 0 Å². The van der Waals surface area contributed by atoms with Crippen LogP contribution in [0.4, 0.5) is 0 Å². The van der Waals surface area contributed by atoms with E-state index in [-0.39, 0.29) is 0 Å². The SMILES string of the molecule is NCc1ccc(-c2csc(C3CC3)n2)cc1. The molecule has 3 rings (SSSR count). The molecule has 1 aliphatic rings. The van der Waals surface area contributed by atoms with E-state index in [1.807, 2.05) is 0 Å². The molecule has 0 aliphatic heterocycles. The van der Waals surface area contributed by atoms with Crippen molar-refractivity contribution in [2.24, 2.45) is 5.73 Å². The maximum Gasteiger partial charge on any atom is 0.0963 e. The topological polar surface area (TPSA) is 38.9 Å². The van der Waals surface area contributed by atoms with Crippen molar-refractivity contribution in [1.82, 2.24) is 4.98 Å². The molecule has 1 aromatic heterocycles. The highest BCUT2D eigenvalue weighted by Crippen LogP contribution is 2.42. The van der Waals surface area contributed by atoms with Gasteiger partial charge < -0.3 is 5.73 Å². The Morgan fingerprint density at radius 1 is 1.25 bits per heavy atom. The van der Waals surface area contributed by atoms with Gasteiger partial charge in [-0.2, -0.15) is 0 Å². The minimum atomic E-state index is 0.602. The molecule has 1 fully saturated rings. The first kappa shape index (κ1) is 10.00.